The number of hydrogen-bond acceptors (Lipinski definition) is 5. The second kappa shape index (κ2) is 5.41. The molecule has 0 bridgehead atoms. The summed E-state index contributed by atoms with van der Waals surface area (Å²) in [5.74, 6) is 0.750. The molecular formula is C15H19BrN2O3. The zero-order chi connectivity index (χ0) is 14.3. The molecule has 2 aliphatic heterocycles. The molecule has 0 aromatic carbocycles. The Hall–Kier alpha value is -0.850. The van der Waals surface area contributed by atoms with Gasteiger partial charge in [-0.05, 0) is 34.8 Å². The molecule has 0 amide bonds. The maximum absolute atomic E-state index is 6.15. The first-order valence-electron chi connectivity index (χ1n) is 7.47. The standard InChI is InChI=1S/C15H19BrN2O3/c16-11-5-13(18-1-3-19-4-2-18)14(17-8-11)21-12-6-15(7-12)9-20-10-15/h5,8,12H,1-4,6-7,9-10H2. The van der Waals surface area contributed by atoms with Crippen molar-refractivity contribution in [2.24, 2.45) is 5.41 Å². The molecule has 1 aromatic heterocycles. The summed E-state index contributed by atoms with van der Waals surface area (Å²) in [5, 5.41) is 0. The molecule has 4 rings (SSSR count). The third kappa shape index (κ3) is 2.64. The fourth-order valence-corrected chi connectivity index (χ4v) is 3.63. The van der Waals surface area contributed by atoms with Crippen molar-refractivity contribution in [1.29, 1.82) is 0 Å². The Bertz CT molecular complexity index is 522. The van der Waals surface area contributed by atoms with E-state index in [1.165, 1.54) is 0 Å². The predicted octanol–water partition coefficient (Wildman–Crippen LogP) is 2.24. The van der Waals surface area contributed by atoms with Crippen LogP contribution in [0.15, 0.2) is 16.7 Å². The largest absolute Gasteiger partial charge is 0.473 e. The van der Waals surface area contributed by atoms with Gasteiger partial charge in [0.2, 0.25) is 5.88 Å². The number of morpholine rings is 1. The van der Waals surface area contributed by atoms with E-state index in [-0.39, 0.29) is 6.10 Å². The fourth-order valence-electron chi connectivity index (χ4n) is 3.31. The third-order valence-corrected chi connectivity index (χ3v) is 5.00. The second-order valence-electron chi connectivity index (χ2n) is 6.22. The molecule has 3 fully saturated rings. The molecule has 21 heavy (non-hydrogen) atoms. The molecule has 1 saturated carbocycles. The van der Waals surface area contributed by atoms with Crippen LogP contribution in [0.1, 0.15) is 12.8 Å². The van der Waals surface area contributed by atoms with Gasteiger partial charge >= 0.3 is 0 Å². The lowest BCUT2D eigenvalue weighted by Crippen LogP contribution is -2.56. The number of aromatic nitrogens is 1. The van der Waals surface area contributed by atoms with Gasteiger partial charge in [0.15, 0.2) is 0 Å². The quantitative estimate of drug-likeness (QED) is 0.832. The van der Waals surface area contributed by atoms with Gasteiger partial charge < -0.3 is 19.1 Å². The lowest BCUT2D eigenvalue weighted by molar-refractivity contribution is -0.191. The Morgan fingerprint density at radius 3 is 2.67 bits per heavy atom. The Morgan fingerprint density at radius 1 is 1.24 bits per heavy atom. The van der Waals surface area contributed by atoms with Crippen LogP contribution in [0.2, 0.25) is 0 Å². The zero-order valence-corrected chi connectivity index (χ0v) is 13.5. The van der Waals surface area contributed by atoms with Gasteiger partial charge in [-0.3, -0.25) is 0 Å². The predicted molar refractivity (Wildman–Crippen MR) is 81.9 cm³/mol. The molecule has 1 spiro atoms. The molecule has 0 atom stereocenters. The van der Waals surface area contributed by atoms with Gasteiger partial charge in [0.1, 0.15) is 11.8 Å². The molecule has 0 N–H and O–H groups in total. The van der Waals surface area contributed by atoms with Gasteiger partial charge in [-0.1, -0.05) is 0 Å². The molecule has 3 heterocycles. The highest BCUT2D eigenvalue weighted by atomic mass is 79.9. The topological polar surface area (TPSA) is 43.8 Å². The van der Waals surface area contributed by atoms with E-state index in [1.54, 1.807) is 6.20 Å². The molecular weight excluding hydrogens is 336 g/mol. The van der Waals surface area contributed by atoms with Crippen molar-refractivity contribution in [3.05, 3.63) is 16.7 Å². The van der Waals surface area contributed by atoms with Gasteiger partial charge in [0.05, 0.1) is 26.4 Å². The highest BCUT2D eigenvalue weighted by Gasteiger charge is 2.51. The summed E-state index contributed by atoms with van der Waals surface area (Å²) in [6.45, 7) is 5.09. The number of nitrogens with zero attached hydrogens (tertiary/aromatic N) is 2. The summed E-state index contributed by atoms with van der Waals surface area (Å²) in [6.07, 6.45) is 4.27. The van der Waals surface area contributed by atoms with Crippen molar-refractivity contribution < 1.29 is 14.2 Å². The summed E-state index contributed by atoms with van der Waals surface area (Å²) in [6, 6.07) is 2.09. The maximum atomic E-state index is 6.15. The Labute approximate surface area is 132 Å². The number of pyridine rings is 1. The summed E-state index contributed by atoms with van der Waals surface area (Å²) in [5.41, 5.74) is 1.48. The number of hydrogen-bond donors (Lipinski definition) is 0. The molecule has 0 radical (unpaired) electrons. The van der Waals surface area contributed by atoms with Crippen molar-refractivity contribution in [3.63, 3.8) is 0 Å². The van der Waals surface area contributed by atoms with Crippen molar-refractivity contribution >= 4 is 21.6 Å². The molecule has 2 saturated heterocycles. The summed E-state index contributed by atoms with van der Waals surface area (Å²) >= 11 is 3.51. The molecule has 5 nitrogen and oxygen atoms in total. The number of halogens is 1. The minimum atomic E-state index is 0.280. The zero-order valence-electron chi connectivity index (χ0n) is 11.9. The molecule has 1 aliphatic carbocycles. The van der Waals surface area contributed by atoms with Crippen LogP contribution < -0.4 is 9.64 Å². The Morgan fingerprint density at radius 2 is 2.00 bits per heavy atom. The second-order valence-corrected chi connectivity index (χ2v) is 7.13. The van der Waals surface area contributed by atoms with Gasteiger partial charge in [0, 0.05) is 29.2 Å². The van der Waals surface area contributed by atoms with Gasteiger partial charge in [-0.15, -0.1) is 0 Å². The van der Waals surface area contributed by atoms with E-state index < -0.39 is 0 Å². The number of rotatable bonds is 3. The van der Waals surface area contributed by atoms with Crippen LogP contribution in [0.25, 0.3) is 0 Å². The highest BCUT2D eigenvalue weighted by molar-refractivity contribution is 9.10. The van der Waals surface area contributed by atoms with E-state index in [2.05, 4.69) is 31.9 Å². The van der Waals surface area contributed by atoms with Crippen LogP contribution in [0.3, 0.4) is 0 Å². The lowest BCUT2D eigenvalue weighted by atomic mass is 9.65. The van der Waals surface area contributed by atoms with Gasteiger partial charge in [-0.2, -0.15) is 0 Å². The van der Waals surface area contributed by atoms with Crippen LogP contribution in [0.4, 0.5) is 5.69 Å². The average molecular weight is 355 g/mol. The first-order valence-corrected chi connectivity index (χ1v) is 8.26. The van der Waals surface area contributed by atoms with E-state index in [1.807, 2.05) is 0 Å². The fraction of sp³-hybridized carbons (Fsp3) is 0.667. The molecule has 1 aromatic rings. The Balaban J connectivity index is 1.48. The summed E-state index contributed by atoms with van der Waals surface area (Å²) in [4.78, 5) is 6.77. The van der Waals surface area contributed by atoms with Gasteiger partial charge in [0.25, 0.3) is 0 Å². The third-order valence-electron chi connectivity index (χ3n) is 4.57. The SMILES string of the molecule is Brc1cnc(OC2CC3(COC3)C2)c(N2CCOCC2)c1. The van der Waals surface area contributed by atoms with Crippen LogP contribution in [0, 0.1) is 5.41 Å². The molecule has 6 heteroatoms. The number of ether oxygens (including phenoxy) is 3. The first kappa shape index (κ1) is 13.8. The van der Waals surface area contributed by atoms with Crippen molar-refractivity contribution in [2.45, 2.75) is 18.9 Å². The van der Waals surface area contributed by atoms with E-state index in [0.717, 1.165) is 68.4 Å². The van der Waals surface area contributed by atoms with Crippen molar-refractivity contribution in [3.8, 4) is 5.88 Å². The van der Waals surface area contributed by atoms with E-state index in [4.69, 9.17) is 14.2 Å². The molecule has 114 valence electrons. The van der Waals surface area contributed by atoms with Crippen LogP contribution >= 0.6 is 15.9 Å². The average Bonchev–Trinajstić information content (AvgIpc) is 2.42. The van der Waals surface area contributed by atoms with Crippen LogP contribution in [0.5, 0.6) is 5.88 Å². The summed E-state index contributed by atoms with van der Waals surface area (Å²) < 4.78 is 17.9. The monoisotopic (exact) mass is 354 g/mol. The van der Waals surface area contributed by atoms with E-state index >= 15 is 0 Å². The number of anilines is 1. The maximum Gasteiger partial charge on any atom is 0.237 e. The van der Waals surface area contributed by atoms with Crippen molar-refractivity contribution in [2.75, 3.05) is 44.4 Å². The Kier molecular flexibility index (Phi) is 3.55. The van der Waals surface area contributed by atoms with E-state index in [9.17, 15) is 0 Å². The van der Waals surface area contributed by atoms with E-state index in [0.29, 0.717) is 5.41 Å². The molecule has 0 unspecified atom stereocenters. The van der Waals surface area contributed by atoms with Crippen LogP contribution in [-0.4, -0.2) is 50.6 Å². The first-order chi connectivity index (χ1) is 10.2. The molecule has 3 aliphatic rings. The van der Waals surface area contributed by atoms with Crippen LogP contribution in [-0.2, 0) is 9.47 Å². The minimum Gasteiger partial charge on any atom is -0.473 e. The summed E-state index contributed by atoms with van der Waals surface area (Å²) in [7, 11) is 0. The minimum absolute atomic E-state index is 0.280. The smallest absolute Gasteiger partial charge is 0.237 e. The normalized spacial score (nSPS) is 24.5. The van der Waals surface area contributed by atoms with Gasteiger partial charge in [-0.25, -0.2) is 4.98 Å². The highest BCUT2D eigenvalue weighted by Crippen LogP contribution is 2.48. The lowest BCUT2D eigenvalue weighted by Gasteiger charge is -2.52. The van der Waals surface area contributed by atoms with Crippen molar-refractivity contribution in [1.82, 2.24) is 4.98 Å².